The van der Waals surface area contributed by atoms with E-state index < -0.39 is 0 Å². The van der Waals surface area contributed by atoms with Gasteiger partial charge in [-0.15, -0.1) is 11.8 Å². The molecule has 1 nitrogen and oxygen atoms in total. The van der Waals surface area contributed by atoms with Gasteiger partial charge in [-0.3, -0.25) is 4.79 Å². The summed E-state index contributed by atoms with van der Waals surface area (Å²) < 4.78 is 0. The maximum atomic E-state index is 12.2. The predicted molar refractivity (Wildman–Crippen MR) is 86.8 cm³/mol. The molecule has 0 spiro atoms. The fourth-order valence-corrected chi connectivity index (χ4v) is 2.80. The van der Waals surface area contributed by atoms with E-state index in [1.54, 1.807) is 11.8 Å². The van der Waals surface area contributed by atoms with Gasteiger partial charge in [0.25, 0.3) is 0 Å². The van der Waals surface area contributed by atoms with E-state index in [4.69, 9.17) is 0 Å². The van der Waals surface area contributed by atoms with Crippen LogP contribution in [0.3, 0.4) is 0 Å². The molecule has 0 N–H and O–H groups in total. The molecule has 0 radical (unpaired) electrons. The molecule has 0 amide bonds. The van der Waals surface area contributed by atoms with Crippen LogP contribution in [0.2, 0.25) is 0 Å². The van der Waals surface area contributed by atoms with Gasteiger partial charge in [-0.25, -0.2) is 0 Å². The largest absolute Gasteiger partial charge is 0.294 e. The van der Waals surface area contributed by atoms with E-state index >= 15 is 0 Å². The molecule has 104 valence electrons. The summed E-state index contributed by atoms with van der Waals surface area (Å²) in [5.41, 5.74) is 4.58. The Morgan fingerprint density at radius 1 is 1.00 bits per heavy atom. The van der Waals surface area contributed by atoms with Crippen molar-refractivity contribution in [2.24, 2.45) is 0 Å². The van der Waals surface area contributed by atoms with Gasteiger partial charge in [0.15, 0.2) is 5.78 Å². The summed E-state index contributed by atoms with van der Waals surface area (Å²) in [6.07, 6.45) is 3.42. The van der Waals surface area contributed by atoms with Gasteiger partial charge in [0.2, 0.25) is 0 Å². The van der Waals surface area contributed by atoms with Crippen molar-refractivity contribution < 1.29 is 4.79 Å². The number of carbonyl (C=O) groups is 1. The number of benzene rings is 2. The minimum atomic E-state index is 0.219. The van der Waals surface area contributed by atoms with E-state index in [1.807, 2.05) is 30.5 Å². The first-order chi connectivity index (χ1) is 9.58. The highest BCUT2D eigenvalue weighted by molar-refractivity contribution is 7.98. The Bertz CT molecular complexity index is 579. The smallest absolute Gasteiger partial charge is 0.163 e. The number of hydrogen-bond acceptors (Lipinski definition) is 2. The van der Waals surface area contributed by atoms with Crippen LogP contribution in [-0.2, 0) is 6.42 Å². The summed E-state index contributed by atoms with van der Waals surface area (Å²) in [7, 11) is 0. The average molecular weight is 284 g/mol. The molecule has 0 bridgehead atoms. The van der Waals surface area contributed by atoms with Crippen LogP contribution in [-0.4, -0.2) is 12.0 Å². The molecule has 2 rings (SSSR count). The molecule has 0 aliphatic heterocycles. The lowest BCUT2D eigenvalue weighted by molar-refractivity contribution is 0.0983. The molecule has 0 aromatic heterocycles. The fraction of sp³-hybridized carbons (Fsp3) is 0.278. The zero-order valence-corrected chi connectivity index (χ0v) is 13.1. The lowest BCUT2D eigenvalue weighted by atomic mass is 10.00. The van der Waals surface area contributed by atoms with Crippen molar-refractivity contribution in [2.45, 2.75) is 31.6 Å². The van der Waals surface area contributed by atoms with Crippen molar-refractivity contribution in [3.63, 3.8) is 0 Å². The molecular formula is C18H20OS. The van der Waals surface area contributed by atoms with Crippen molar-refractivity contribution >= 4 is 17.5 Å². The third-order valence-electron chi connectivity index (χ3n) is 3.33. The van der Waals surface area contributed by atoms with E-state index in [9.17, 15) is 4.79 Å². The van der Waals surface area contributed by atoms with Crippen molar-refractivity contribution in [3.8, 4) is 0 Å². The van der Waals surface area contributed by atoms with E-state index in [-0.39, 0.29) is 5.78 Å². The van der Waals surface area contributed by atoms with Crippen LogP contribution in [0.25, 0.3) is 0 Å². The highest BCUT2D eigenvalue weighted by Crippen LogP contribution is 2.17. The van der Waals surface area contributed by atoms with Gasteiger partial charge in [-0.2, -0.15) is 0 Å². The molecule has 2 heteroatoms. The number of hydrogen-bond donors (Lipinski definition) is 0. The normalized spacial score (nSPS) is 10.6. The molecule has 0 fully saturated rings. The highest BCUT2D eigenvalue weighted by atomic mass is 32.2. The summed E-state index contributed by atoms with van der Waals surface area (Å²) in [4.78, 5) is 13.4. The van der Waals surface area contributed by atoms with E-state index in [1.165, 1.54) is 21.6 Å². The predicted octanol–water partition coefficient (Wildman–Crippen LogP) is 4.84. The Kier molecular flexibility index (Phi) is 5.02. The molecule has 2 aromatic carbocycles. The van der Waals surface area contributed by atoms with Crippen molar-refractivity contribution in [2.75, 3.05) is 6.26 Å². The monoisotopic (exact) mass is 284 g/mol. The Hall–Kier alpha value is -1.54. The molecule has 0 aliphatic carbocycles. The lowest BCUT2D eigenvalue weighted by Gasteiger charge is -2.05. The second-order valence-corrected chi connectivity index (χ2v) is 6.03. The summed E-state index contributed by atoms with van der Waals surface area (Å²) in [5.74, 6) is 0.219. The maximum Gasteiger partial charge on any atom is 0.163 e. The van der Waals surface area contributed by atoms with Gasteiger partial charge in [0, 0.05) is 16.9 Å². The molecular weight excluding hydrogens is 264 g/mol. The Morgan fingerprint density at radius 3 is 2.15 bits per heavy atom. The number of aryl methyl sites for hydroxylation is 3. The fourth-order valence-electron chi connectivity index (χ4n) is 2.39. The molecule has 0 saturated heterocycles. The second-order valence-electron chi connectivity index (χ2n) is 5.15. The zero-order chi connectivity index (χ0) is 14.5. The van der Waals surface area contributed by atoms with Crippen LogP contribution in [0.1, 0.15) is 33.5 Å². The first-order valence-corrected chi connectivity index (χ1v) is 8.05. The van der Waals surface area contributed by atoms with Crippen LogP contribution < -0.4 is 0 Å². The van der Waals surface area contributed by atoms with Crippen LogP contribution in [0.5, 0.6) is 0 Å². The molecule has 0 unspecified atom stereocenters. The van der Waals surface area contributed by atoms with Crippen LogP contribution in [0.4, 0.5) is 0 Å². The van der Waals surface area contributed by atoms with Crippen molar-refractivity contribution in [3.05, 3.63) is 64.7 Å². The van der Waals surface area contributed by atoms with Crippen LogP contribution >= 0.6 is 11.8 Å². The summed E-state index contributed by atoms with van der Waals surface area (Å²) in [6.45, 7) is 4.19. The minimum Gasteiger partial charge on any atom is -0.294 e. The highest BCUT2D eigenvalue weighted by Gasteiger charge is 2.06. The van der Waals surface area contributed by atoms with Crippen molar-refractivity contribution in [1.29, 1.82) is 0 Å². The van der Waals surface area contributed by atoms with Crippen molar-refractivity contribution in [1.82, 2.24) is 0 Å². The SMILES string of the molecule is CSc1ccc(C(=O)CCc2cc(C)cc(C)c2)cc1. The second kappa shape index (κ2) is 6.76. The Morgan fingerprint density at radius 2 is 1.60 bits per heavy atom. The maximum absolute atomic E-state index is 12.2. The van der Waals surface area contributed by atoms with Gasteiger partial charge in [0.1, 0.15) is 0 Å². The quantitative estimate of drug-likeness (QED) is 0.577. The molecule has 0 aliphatic rings. The first kappa shape index (κ1) is 14.9. The van der Waals surface area contributed by atoms with Gasteiger partial charge in [0.05, 0.1) is 0 Å². The van der Waals surface area contributed by atoms with E-state index in [2.05, 4.69) is 32.0 Å². The number of carbonyl (C=O) groups excluding carboxylic acids is 1. The van der Waals surface area contributed by atoms with Crippen LogP contribution in [0, 0.1) is 13.8 Å². The van der Waals surface area contributed by atoms with Crippen LogP contribution in [0.15, 0.2) is 47.4 Å². The Labute approximate surface area is 125 Å². The van der Waals surface area contributed by atoms with Gasteiger partial charge >= 0.3 is 0 Å². The first-order valence-electron chi connectivity index (χ1n) is 6.83. The number of Topliss-reactive ketones (excluding diaryl/α,β-unsaturated/α-hetero) is 1. The number of thioether (sulfide) groups is 1. The molecule has 0 heterocycles. The summed E-state index contributed by atoms with van der Waals surface area (Å²) >= 11 is 1.69. The minimum absolute atomic E-state index is 0.219. The Balaban J connectivity index is 2.00. The van der Waals surface area contributed by atoms with Gasteiger partial charge < -0.3 is 0 Å². The molecule has 2 aromatic rings. The molecule has 20 heavy (non-hydrogen) atoms. The molecule has 0 atom stereocenters. The average Bonchev–Trinajstić information content (AvgIpc) is 2.44. The molecule has 0 saturated carbocycles. The standard InChI is InChI=1S/C18H20OS/c1-13-10-14(2)12-15(11-13)4-9-18(19)16-5-7-17(20-3)8-6-16/h5-8,10-12H,4,9H2,1-3H3. The number of ketones is 1. The summed E-state index contributed by atoms with van der Waals surface area (Å²) in [5, 5.41) is 0. The van der Waals surface area contributed by atoms with Gasteiger partial charge in [-0.1, -0.05) is 41.5 Å². The lowest BCUT2D eigenvalue weighted by Crippen LogP contribution is -2.01. The zero-order valence-electron chi connectivity index (χ0n) is 12.3. The topological polar surface area (TPSA) is 17.1 Å². The third-order valence-corrected chi connectivity index (χ3v) is 4.08. The number of rotatable bonds is 5. The summed E-state index contributed by atoms with van der Waals surface area (Å²) in [6, 6.07) is 14.4. The van der Waals surface area contributed by atoms with E-state index in [0.717, 1.165) is 12.0 Å². The van der Waals surface area contributed by atoms with E-state index in [0.29, 0.717) is 6.42 Å². The van der Waals surface area contributed by atoms with Gasteiger partial charge in [-0.05, 0) is 44.2 Å². The third kappa shape index (κ3) is 3.97.